The number of ketones is 1. The highest BCUT2D eigenvalue weighted by molar-refractivity contribution is 6.31. The first-order chi connectivity index (χ1) is 11.6. The molecule has 0 N–H and O–H groups in total. The number of hydrogen-bond donors (Lipinski definition) is 0. The van der Waals surface area contributed by atoms with Crippen molar-refractivity contribution >= 4 is 28.3 Å². The SMILES string of the molecule is CN1CCc2c(c3cc(Cl)ccc3n2CC(=O)c2ccncc2)C1. The molecule has 0 unspecified atom stereocenters. The summed E-state index contributed by atoms with van der Waals surface area (Å²) in [5.74, 6) is 0.103. The molecule has 3 aromatic rings. The van der Waals surface area contributed by atoms with E-state index in [9.17, 15) is 4.79 Å². The third-order valence-electron chi connectivity index (χ3n) is 4.71. The monoisotopic (exact) mass is 339 g/mol. The minimum Gasteiger partial charge on any atom is -0.336 e. The van der Waals surface area contributed by atoms with E-state index >= 15 is 0 Å². The second kappa shape index (κ2) is 6.04. The van der Waals surface area contributed by atoms with Crippen molar-refractivity contribution in [3.63, 3.8) is 0 Å². The molecule has 1 aliphatic rings. The molecule has 2 aromatic heterocycles. The summed E-state index contributed by atoms with van der Waals surface area (Å²) in [4.78, 5) is 19.0. The Hall–Kier alpha value is -2.17. The molecular formula is C19H18ClN3O. The maximum atomic E-state index is 12.7. The Morgan fingerprint density at radius 1 is 1.25 bits per heavy atom. The number of benzene rings is 1. The van der Waals surface area contributed by atoms with Gasteiger partial charge < -0.3 is 9.47 Å². The fourth-order valence-corrected chi connectivity index (χ4v) is 3.68. The zero-order chi connectivity index (χ0) is 16.7. The number of rotatable bonds is 3. The maximum Gasteiger partial charge on any atom is 0.182 e. The molecule has 0 saturated heterocycles. The quantitative estimate of drug-likeness (QED) is 0.685. The van der Waals surface area contributed by atoms with E-state index in [2.05, 4.69) is 21.5 Å². The van der Waals surface area contributed by atoms with Gasteiger partial charge in [-0.2, -0.15) is 0 Å². The first-order valence-electron chi connectivity index (χ1n) is 8.05. The zero-order valence-corrected chi connectivity index (χ0v) is 14.3. The van der Waals surface area contributed by atoms with Crippen molar-refractivity contribution in [3.8, 4) is 0 Å². The van der Waals surface area contributed by atoms with Crippen molar-refractivity contribution in [1.29, 1.82) is 0 Å². The molecule has 0 amide bonds. The number of Topliss-reactive ketones (excluding diaryl/α,β-unsaturated/α-hetero) is 1. The molecule has 4 nitrogen and oxygen atoms in total. The van der Waals surface area contributed by atoms with Gasteiger partial charge in [-0.25, -0.2) is 0 Å². The predicted molar refractivity (Wildman–Crippen MR) is 95.6 cm³/mol. The average molecular weight is 340 g/mol. The van der Waals surface area contributed by atoms with Crippen LogP contribution in [0.4, 0.5) is 0 Å². The van der Waals surface area contributed by atoms with Crippen molar-refractivity contribution < 1.29 is 4.79 Å². The summed E-state index contributed by atoms with van der Waals surface area (Å²) < 4.78 is 2.16. The van der Waals surface area contributed by atoms with Crippen LogP contribution in [0.5, 0.6) is 0 Å². The summed E-state index contributed by atoms with van der Waals surface area (Å²) in [7, 11) is 2.12. The predicted octanol–water partition coefficient (Wildman–Crippen LogP) is 3.56. The van der Waals surface area contributed by atoms with Crippen LogP contribution in [-0.2, 0) is 19.5 Å². The maximum absolute atomic E-state index is 12.7. The average Bonchev–Trinajstić information content (AvgIpc) is 2.88. The molecule has 5 heteroatoms. The third-order valence-corrected chi connectivity index (χ3v) is 4.95. The molecule has 0 radical (unpaired) electrons. The smallest absolute Gasteiger partial charge is 0.182 e. The summed E-state index contributed by atoms with van der Waals surface area (Å²) in [6, 6.07) is 9.47. The number of hydrogen-bond acceptors (Lipinski definition) is 3. The third kappa shape index (κ3) is 2.62. The van der Waals surface area contributed by atoms with Crippen LogP contribution < -0.4 is 0 Å². The van der Waals surface area contributed by atoms with Crippen molar-refractivity contribution in [3.05, 3.63) is 64.6 Å². The van der Waals surface area contributed by atoms with Gasteiger partial charge >= 0.3 is 0 Å². The summed E-state index contributed by atoms with van der Waals surface area (Å²) in [5.41, 5.74) is 4.33. The summed E-state index contributed by atoms with van der Waals surface area (Å²) >= 11 is 6.21. The first kappa shape index (κ1) is 15.4. The van der Waals surface area contributed by atoms with Crippen LogP contribution in [-0.4, -0.2) is 33.8 Å². The Morgan fingerprint density at radius 3 is 2.83 bits per heavy atom. The molecule has 0 bridgehead atoms. The lowest BCUT2D eigenvalue weighted by Crippen LogP contribution is -2.28. The van der Waals surface area contributed by atoms with Crippen LogP contribution in [0.3, 0.4) is 0 Å². The molecule has 0 spiro atoms. The van der Waals surface area contributed by atoms with Gasteiger partial charge in [-0.3, -0.25) is 9.78 Å². The second-order valence-corrected chi connectivity index (χ2v) is 6.76. The van der Waals surface area contributed by atoms with E-state index in [1.807, 2.05) is 18.2 Å². The Kier molecular flexibility index (Phi) is 3.87. The minimum absolute atomic E-state index is 0.103. The van der Waals surface area contributed by atoms with Crippen LogP contribution in [0.1, 0.15) is 21.6 Å². The van der Waals surface area contributed by atoms with Crippen LogP contribution >= 0.6 is 11.6 Å². The van der Waals surface area contributed by atoms with E-state index in [0.717, 1.165) is 35.4 Å². The van der Waals surface area contributed by atoms with Gasteiger partial charge in [-0.05, 0) is 42.9 Å². The van der Waals surface area contributed by atoms with Crippen molar-refractivity contribution in [2.45, 2.75) is 19.5 Å². The van der Waals surface area contributed by atoms with Crippen LogP contribution in [0.2, 0.25) is 5.02 Å². The standard InChI is InChI=1S/C19H18ClN3O/c1-22-9-6-18-16(11-22)15-10-14(20)2-3-17(15)23(18)12-19(24)13-4-7-21-8-5-13/h2-5,7-8,10H,6,9,11-12H2,1H3. The number of pyridine rings is 1. The van der Waals surface area contributed by atoms with E-state index in [-0.39, 0.29) is 5.78 Å². The molecule has 0 saturated carbocycles. The van der Waals surface area contributed by atoms with Gasteiger partial charge in [0.05, 0.1) is 6.54 Å². The number of halogens is 1. The van der Waals surface area contributed by atoms with Gasteiger partial charge in [0.25, 0.3) is 0 Å². The summed E-state index contributed by atoms with van der Waals surface area (Å²) in [6.07, 6.45) is 4.26. The molecule has 3 heterocycles. The van der Waals surface area contributed by atoms with E-state index < -0.39 is 0 Å². The number of aromatic nitrogens is 2. The van der Waals surface area contributed by atoms with Crippen molar-refractivity contribution in [2.24, 2.45) is 0 Å². The van der Waals surface area contributed by atoms with Crippen LogP contribution in [0, 0.1) is 0 Å². The van der Waals surface area contributed by atoms with E-state index in [4.69, 9.17) is 11.6 Å². The second-order valence-electron chi connectivity index (χ2n) is 6.32. The Labute approximate surface area is 145 Å². The highest BCUT2D eigenvalue weighted by Gasteiger charge is 2.23. The van der Waals surface area contributed by atoms with E-state index in [1.54, 1.807) is 24.5 Å². The Balaban J connectivity index is 1.82. The van der Waals surface area contributed by atoms with Gasteiger partial charge in [0.15, 0.2) is 5.78 Å². The molecule has 0 atom stereocenters. The molecule has 1 aliphatic heterocycles. The summed E-state index contributed by atoms with van der Waals surface area (Å²) in [6.45, 7) is 2.24. The molecule has 1 aromatic carbocycles. The molecule has 4 rings (SSSR count). The Morgan fingerprint density at radius 2 is 2.04 bits per heavy atom. The topological polar surface area (TPSA) is 38.1 Å². The van der Waals surface area contributed by atoms with E-state index in [0.29, 0.717) is 12.1 Å². The van der Waals surface area contributed by atoms with Crippen molar-refractivity contribution in [2.75, 3.05) is 13.6 Å². The number of nitrogens with zero attached hydrogens (tertiary/aromatic N) is 3. The highest BCUT2D eigenvalue weighted by Crippen LogP contribution is 2.32. The van der Waals surface area contributed by atoms with E-state index in [1.165, 1.54) is 11.3 Å². The van der Waals surface area contributed by atoms with Gasteiger partial charge in [0.1, 0.15) is 0 Å². The zero-order valence-electron chi connectivity index (χ0n) is 13.5. The van der Waals surface area contributed by atoms with Gasteiger partial charge in [0.2, 0.25) is 0 Å². The molecule has 24 heavy (non-hydrogen) atoms. The lowest BCUT2D eigenvalue weighted by molar-refractivity contribution is 0.0972. The normalized spacial score (nSPS) is 14.8. The minimum atomic E-state index is 0.103. The molecule has 0 fully saturated rings. The number of fused-ring (bicyclic) bond motifs is 3. The molecular weight excluding hydrogens is 322 g/mol. The van der Waals surface area contributed by atoms with Gasteiger partial charge in [0, 0.05) is 59.1 Å². The number of likely N-dealkylation sites (N-methyl/N-ethyl adjacent to an activating group) is 1. The van der Waals surface area contributed by atoms with Gasteiger partial charge in [-0.15, -0.1) is 0 Å². The fraction of sp³-hybridized carbons (Fsp3) is 0.263. The van der Waals surface area contributed by atoms with Crippen LogP contribution in [0.25, 0.3) is 10.9 Å². The highest BCUT2D eigenvalue weighted by atomic mass is 35.5. The van der Waals surface area contributed by atoms with Crippen molar-refractivity contribution in [1.82, 2.24) is 14.5 Å². The number of carbonyl (C=O) groups is 1. The van der Waals surface area contributed by atoms with Crippen LogP contribution in [0.15, 0.2) is 42.7 Å². The molecule has 0 aliphatic carbocycles. The van der Waals surface area contributed by atoms with Gasteiger partial charge in [-0.1, -0.05) is 11.6 Å². The lowest BCUT2D eigenvalue weighted by atomic mass is 10.1. The molecule has 122 valence electrons. The number of carbonyl (C=O) groups excluding carboxylic acids is 1. The Bertz CT molecular complexity index is 917. The largest absolute Gasteiger partial charge is 0.336 e. The first-order valence-corrected chi connectivity index (χ1v) is 8.42. The summed E-state index contributed by atoms with van der Waals surface area (Å²) in [5, 5.41) is 1.89. The lowest BCUT2D eigenvalue weighted by Gasteiger charge is -2.24. The fourth-order valence-electron chi connectivity index (χ4n) is 3.51.